The van der Waals surface area contributed by atoms with Crippen molar-refractivity contribution in [1.82, 2.24) is 5.32 Å². The van der Waals surface area contributed by atoms with Crippen LogP contribution in [0.25, 0.3) is 6.08 Å². The Kier molecular flexibility index (Phi) is 6.32. The van der Waals surface area contributed by atoms with Crippen LogP contribution in [-0.2, 0) is 9.59 Å². The average Bonchev–Trinajstić information content (AvgIpc) is 2.56. The fourth-order valence-electron chi connectivity index (χ4n) is 2.02. The predicted molar refractivity (Wildman–Crippen MR) is 100.0 cm³/mol. The van der Waals surface area contributed by atoms with Gasteiger partial charge in [-0.1, -0.05) is 35.3 Å². The van der Waals surface area contributed by atoms with Crippen LogP contribution in [0.15, 0.2) is 48.2 Å². The van der Waals surface area contributed by atoms with E-state index in [4.69, 9.17) is 23.2 Å². The highest BCUT2D eigenvalue weighted by atomic mass is 35.5. The van der Waals surface area contributed by atoms with E-state index < -0.39 is 16.7 Å². The molecule has 2 rings (SSSR count). The molecule has 0 unspecified atom stereocenters. The van der Waals surface area contributed by atoms with E-state index in [0.29, 0.717) is 16.3 Å². The van der Waals surface area contributed by atoms with Gasteiger partial charge in [-0.3, -0.25) is 19.7 Å². The summed E-state index contributed by atoms with van der Waals surface area (Å²) in [5.41, 5.74) is 0.447. The standard InChI is InChI=1S/C17H13Cl2N3O4/c1-10(23)20-16(8-11-3-2-4-13(7-11)22(25)26)17(24)21-15-6-5-12(18)9-14(15)19/h2-9H,1H3,(H,20,23)(H,21,24). The number of benzene rings is 2. The van der Waals surface area contributed by atoms with E-state index in [1.165, 1.54) is 43.3 Å². The van der Waals surface area contributed by atoms with Crippen LogP contribution in [0.3, 0.4) is 0 Å². The van der Waals surface area contributed by atoms with E-state index >= 15 is 0 Å². The normalized spacial score (nSPS) is 11.0. The lowest BCUT2D eigenvalue weighted by Crippen LogP contribution is -2.29. The van der Waals surface area contributed by atoms with E-state index in [-0.39, 0.29) is 16.4 Å². The molecule has 2 aromatic carbocycles. The first-order valence-electron chi connectivity index (χ1n) is 7.26. The van der Waals surface area contributed by atoms with Crippen molar-refractivity contribution < 1.29 is 14.5 Å². The maximum Gasteiger partial charge on any atom is 0.272 e. The number of hydrogen-bond acceptors (Lipinski definition) is 4. The van der Waals surface area contributed by atoms with E-state index in [1.807, 2.05) is 0 Å². The Bertz CT molecular complexity index is 913. The Labute approximate surface area is 158 Å². The van der Waals surface area contributed by atoms with Gasteiger partial charge in [-0.25, -0.2) is 0 Å². The van der Waals surface area contributed by atoms with Crippen LogP contribution in [-0.4, -0.2) is 16.7 Å². The van der Waals surface area contributed by atoms with Crippen LogP contribution in [0.2, 0.25) is 10.0 Å². The molecule has 0 saturated heterocycles. The molecule has 2 amide bonds. The molecular formula is C17H13Cl2N3O4. The minimum absolute atomic E-state index is 0.0935. The van der Waals surface area contributed by atoms with Gasteiger partial charge in [0.05, 0.1) is 15.6 Å². The second-order valence-electron chi connectivity index (χ2n) is 5.17. The molecule has 9 heteroatoms. The number of carbonyl (C=O) groups excluding carboxylic acids is 2. The Morgan fingerprint density at radius 2 is 1.88 bits per heavy atom. The lowest BCUT2D eigenvalue weighted by atomic mass is 10.1. The highest BCUT2D eigenvalue weighted by Gasteiger charge is 2.14. The first-order chi connectivity index (χ1) is 12.3. The molecule has 0 aliphatic heterocycles. The lowest BCUT2D eigenvalue weighted by molar-refractivity contribution is -0.384. The number of amides is 2. The summed E-state index contributed by atoms with van der Waals surface area (Å²) in [5.74, 6) is -1.12. The van der Waals surface area contributed by atoms with Crippen molar-refractivity contribution in [1.29, 1.82) is 0 Å². The van der Waals surface area contributed by atoms with Gasteiger partial charge in [-0.15, -0.1) is 0 Å². The Morgan fingerprint density at radius 3 is 2.50 bits per heavy atom. The molecule has 0 aliphatic rings. The maximum absolute atomic E-state index is 12.5. The fraction of sp³-hybridized carbons (Fsp3) is 0.0588. The number of nitrogens with zero attached hydrogens (tertiary/aromatic N) is 1. The van der Waals surface area contributed by atoms with Crippen LogP contribution < -0.4 is 10.6 Å². The Morgan fingerprint density at radius 1 is 1.15 bits per heavy atom. The van der Waals surface area contributed by atoms with Crippen LogP contribution in [0.4, 0.5) is 11.4 Å². The Balaban J connectivity index is 2.34. The summed E-state index contributed by atoms with van der Waals surface area (Å²) in [7, 11) is 0. The fourth-order valence-corrected chi connectivity index (χ4v) is 2.48. The van der Waals surface area contributed by atoms with Crippen molar-refractivity contribution in [3.63, 3.8) is 0 Å². The summed E-state index contributed by atoms with van der Waals surface area (Å²) < 4.78 is 0. The second kappa shape index (κ2) is 8.46. The highest BCUT2D eigenvalue weighted by Crippen LogP contribution is 2.26. The third kappa shape index (κ3) is 5.30. The van der Waals surface area contributed by atoms with Crippen molar-refractivity contribution in [3.05, 3.63) is 73.9 Å². The molecule has 0 bridgehead atoms. The maximum atomic E-state index is 12.5. The number of anilines is 1. The Hall–Kier alpha value is -2.90. The summed E-state index contributed by atoms with van der Waals surface area (Å²) in [6, 6.07) is 10.2. The molecule has 26 heavy (non-hydrogen) atoms. The van der Waals surface area contributed by atoms with Crippen molar-refractivity contribution in [2.24, 2.45) is 0 Å². The minimum Gasteiger partial charge on any atom is -0.322 e. The number of carbonyl (C=O) groups is 2. The lowest BCUT2D eigenvalue weighted by Gasteiger charge is -2.11. The van der Waals surface area contributed by atoms with Crippen molar-refractivity contribution in [2.75, 3.05) is 5.32 Å². The molecular weight excluding hydrogens is 381 g/mol. The van der Waals surface area contributed by atoms with Gasteiger partial charge in [-0.05, 0) is 29.8 Å². The molecule has 0 aromatic heterocycles. The monoisotopic (exact) mass is 393 g/mol. The SMILES string of the molecule is CC(=O)NC(=Cc1cccc([N+](=O)[O-])c1)C(=O)Nc1ccc(Cl)cc1Cl. The molecule has 0 aliphatic carbocycles. The molecule has 0 fully saturated rings. The number of nitrogens with one attached hydrogen (secondary N) is 2. The van der Waals surface area contributed by atoms with Gasteiger partial charge in [0, 0.05) is 24.1 Å². The van der Waals surface area contributed by atoms with Crippen molar-refractivity contribution in [2.45, 2.75) is 6.92 Å². The molecule has 0 saturated carbocycles. The number of nitro benzene ring substituents is 1. The van der Waals surface area contributed by atoms with Gasteiger partial charge in [-0.2, -0.15) is 0 Å². The van der Waals surface area contributed by atoms with Gasteiger partial charge in [0.2, 0.25) is 5.91 Å². The van der Waals surface area contributed by atoms with Gasteiger partial charge in [0.25, 0.3) is 11.6 Å². The second-order valence-corrected chi connectivity index (χ2v) is 6.01. The third-order valence-corrected chi connectivity index (χ3v) is 3.67. The minimum atomic E-state index is -0.643. The van der Waals surface area contributed by atoms with Crippen LogP contribution in [0, 0.1) is 10.1 Å². The average molecular weight is 394 g/mol. The largest absolute Gasteiger partial charge is 0.322 e. The molecule has 134 valence electrons. The molecule has 0 atom stereocenters. The van der Waals surface area contributed by atoms with Crippen molar-refractivity contribution in [3.8, 4) is 0 Å². The topological polar surface area (TPSA) is 101 Å². The number of hydrogen-bond donors (Lipinski definition) is 2. The summed E-state index contributed by atoms with van der Waals surface area (Å²) in [6.07, 6.45) is 1.33. The molecule has 7 nitrogen and oxygen atoms in total. The van der Waals surface area contributed by atoms with E-state index in [9.17, 15) is 19.7 Å². The summed E-state index contributed by atoms with van der Waals surface area (Å²) in [4.78, 5) is 34.2. The first kappa shape index (κ1) is 19.4. The van der Waals surface area contributed by atoms with Crippen LogP contribution in [0.5, 0.6) is 0 Å². The van der Waals surface area contributed by atoms with E-state index in [0.717, 1.165) is 0 Å². The van der Waals surface area contributed by atoms with Gasteiger partial charge in [0.1, 0.15) is 5.70 Å². The zero-order chi connectivity index (χ0) is 19.3. The number of rotatable bonds is 5. The van der Waals surface area contributed by atoms with E-state index in [2.05, 4.69) is 10.6 Å². The molecule has 2 aromatic rings. The summed E-state index contributed by atoms with van der Waals surface area (Å²) >= 11 is 11.8. The highest BCUT2D eigenvalue weighted by molar-refractivity contribution is 6.36. The number of non-ortho nitro benzene ring substituents is 1. The zero-order valence-corrected chi connectivity index (χ0v) is 15.0. The van der Waals surface area contributed by atoms with Gasteiger partial charge in [0.15, 0.2) is 0 Å². The smallest absolute Gasteiger partial charge is 0.272 e. The molecule has 0 heterocycles. The number of nitro groups is 1. The predicted octanol–water partition coefficient (Wildman–Crippen LogP) is 4.02. The van der Waals surface area contributed by atoms with Crippen molar-refractivity contribution >= 4 is 52.5 Å². The molecule has 2 N–H and O–H groups in total. The van der Waals surface area contributed by atoms with Crippen LogP contribution in [0.1, 0.15) is 12.5 Å². The quantitative estimate of drug-likeness (QED) is 0.454. The summed E-state index contributed by atoms with van der Waals surface area (Å²) in [5, 5.41) is 16.5. The van der Waals surface area contributed by atoms with Crippen LogP contribution >= 0.6 is 23.2 Å². The van der Waals surface area contributed by atoms with Gasteiger partial charge < -0.3 is 10.6 Å². The molecule has 0 radical (unpaired) electrons. The van der Waals surface area contributed by atoms with E-state index in [1.54, 1.807) is 12.1 Å². The summed E-state index contributed by atoms with van der Waals surface area (Å²) in [6.45, 7) is 1.24. The first-order valence-corrected chi connectivity index (χ1v) is 8.02. The third-order valence-electron chi connectivity index (χ3n) is 3.13. The number of halogens is 2. The molecule has 0 spiro atoms. The van der Waals surface area contributed by atoms with Gasteiger partial charge >= 0.3 is 0 Å². The zero-order valence-electron chi connectivity index (χ0n) is 13.5.